The van der Waals surface area contributed by atoms with Gasteiger partial charge in [-0.2, -0.15) is 0 Å². The Kier molecular flexibility index (Phi) is 3.35. The van der Waals surface area contributed by atoms with Crippen LogP contribution in [0.1, 0.15) is 5.56 Å². The van der Waals surface area contributed by atoms with Gasteiger partial charge in [-0.1, -0.05) is 79.4 Å². The summed E-state index contributed by atoms with van der Waals surface area (Å²) in [6, 6.07) is 18.9. The molecule has 0 aliphatic rings. The van der Waals surface area contributed by atoms with Gasteiger partial charge in [0.05, 0.1) is 0 Å². The molecule has 2 aromatic carbocycles. The first-order valence-electron chi connectivity index (χ1n) is 5.35. The van der Waals surface area contributed by atoms with Crippen molar-refractivity contribution in [3.63, 3.8) is 0 Å². The van der Waals surface area contributed by atoms with Crippen LogP contribution in [0.15, 0.2) is 73.3 Å². The summed E-state index contributed by atoms with van der Waals surface area (Å²) < 4.78 is 0. The Hall–Kier alpha value is -2.08. The number of benzene rings is 2. The van der Waals surface area contributed by atoms with Crippen LogP contribution in [0.4, 0.5) is 0 Å². The molecule has 0 fully saturated rings. The summed E-state index contributed by atoms with van der Waals surface area (Å²) in [6.45, 7) is 3.65. The maximum atomic E-state index is 3.65. The van der Waals surface area contributed by atoms with Gasteiger partial charge in [0.2, 0.25) is 0 Å². The normalized spacial score (nSPS) is 10.5. The molecular weight excluding hydrogens is 192 g/mol. The summed E-state index contributed by atoms with van der Waals surface area (Å²) in [5.41, 5.74) is 3.69. The number of allylic oxidation sites excluding steroid dienone is 2. The van der Waals surface area contributed by atoms with Gasteiger partial charge in [0.1, 0.15) is 0 Å². The van der Waals surface area contributed by atoms with E-state index in [0.717, 1.165) is 0 Å². The molecule has 0 aromatic heterocycles. The summed E-state index contributed by atoms with van der Waals surface area (Å²) in [7, 11) is 0. The van der Waals surface area contributed by atoms with Crippen LogP contribution in [0.5, 0.6) is 0 Å². The SMILES string of the molecule is C=C/C=C\c1ccc(-c2ccccc2)cc1. The third kappa shape index (κ3) is 2.48. The Morgan fingerprint density at radius 3 is 2.00 bits per heavy atom. The molecule has 0 atom stereocenters. The van der Waals surface area contributed by atoms with E-state index in [2.05, 4.69) is 55.1 Å². The van der Waals surface area contributed by atoms with Gasteiger partial charge in [0.25, 0.3) is 0 Å². The molecule has 0 spiro atoms. The first kappa shape index (κ1) is 10.4. The summed E-state index contributed by atoms with van der Waals surface area (Å²) in [6.07, 6.45) is 5.77. The average Bonchev–Trinajstić information content (AvgIpc) is 2.38. The van der Waals surface area contributed by atoms with Gasteiger partial charge in [0, 0.05) is 0 Å². The zero-order valence-electron chi connectivity index (χ0n) is 9.14. The predicted molar refractivity (Wildman–Crippen MR) is 71.1 cm³/mol. The molecule has 0 heterocycles. The van der Waals surface area contributed by atoms with Crippen LogP contribution in [-0.4, -0.2) is 0 Å². The van der Waals surface area contributed by atoms with Gasteiger partial charge in [-0.15, -0.1) is 0 Å². The minimum absolute atomic E-state index is 1.19. The lowest BCUT2D eigenvalue weighted by Crippen LogP contribution is -1.77. The van der Waals surface area contributed by atoms with Crippen LogP contribution >= 0.6 is 0 Å². The fourth-order valence-corrected chi connectivity index (χ4v) is 1.60. The number of rotatable bonds is 3. The van der Waals surface area contributed by atoms with Crippen LogP contribution in [0, 0.1) is 0 Å². The van der Waals surface area contributed by atoms with E-state index in [1.54, 1.807) is 6.08 Å². The Balaban J connectivity index is 2.26. The lowest BCUT2D eigenvalue weighted by Gasteiger charge is -2.01. The van der Waals surface area contributed by atoms with Crippen LogP contribution in [0.2, 0.25) is 0 Å². The van der Waals surface area contributed by atoms with Gasteiger partial charge >= 0.3 is 0 Å². The summed E-state index contributed by atoms with van der Waals surface area (Å²) in [5.74, 6) is 0. The second-order valence-corrected chi connectivity index (χ2v) is 3.58. The van der Waals surface area contributed by atoms with Gasteiger partial charge < -0.3 is 0 Å². The molecule has 0 unspecified atom stereocenters. The maximum Gasteiger partial charge on any atom is -0.0184 e. The van der Waals surface area contributed by atoms with Gasteiger partial charge in [0.15, 0.2) is 0 Å². The van der Waals surface area contributed by atoms with E-state index >= 15 is 0 Å². The topological polar surface area (TPSA) is 0 Å². The first-order valence-corrected chi connectivity index (χ1v) is 5.35. The van der Waals surface area contributed by atoms with Crippen LogP contribution in [0.3, 0.4) is 0 Å². The van der Waals surface area contributed by atoms with Crippen molar-refractivity contribution in [1.29, 1.82) is 0 Å². The van der Waals surface area contributed by atoms with Crippen LogP contribution in [0.25, 0.3) is 17.2 Å². The third-order valence-electron chi connectivity index (χ3n) is 2.44. The van der Waals surface area contributed by atoms with Crippen molar-refractivity contribution in [2.75, 3.05) is 0 Å². The van der Waals surface area contributed by atoms with Gasteiger partial charge in [-0.3, -0.25) is 0 Å². The minimum atomic E-state index is 1.19. The smallest absolute Gasteiger partial charge is 0.0184 e. The Bertz CT molecular complexity index is 475. The van der Waals surface area contributed by atoms with E-state index in [0.29, 0.717) is 0 Å². The zero-order chi connectivity index (χ0) is 11.2. The van der Waals surface area contributed by atoms with Crippen LogP contribution in [-0.2, 0) is 0 Å². The molecule has 0 aliphatic heterocycles. The van der Waals surface area contributed by atoms with E-state index in [1.807, 2.05) is 18.2 Å². The van der Waals surface area contributed by atoms with Crippen molar-refractivity contribution in [3.8, 4) is 11.1 Å². The highest BCUT2D eigenvalue weighted by Crippen LogP contribution is 2.19. The second kappa shape index (κ2) is 5.13. The van der Waals surface area contributed by atoms with E-state index in [4.69, 9.17) is 0 Å². The highest BCUT2D eigenvalue weighted by atomic mass is 14.0. The Morgan fingerprint density at radius 1 is 0.750 bits per heavy atom. The molecule has 0 radical (unpaired) electrons. The van der Waals surface area contributed by atoms with Crippen molar-refractivity contribution in [2.24, 2.45) is 0 Å². The average molecular weight is 206 g/mol. The lowest BCUT2D eigenvalue weighted by molar-refractivity contribution is 1.60. The van der Waals surface area contributed by atoms with Crippen molar-refractivity contribution in [3.05, 3.63) is 78.9 Å². The van der Waals surface area contributed by atoms with Gasteiger partial charge in [-0.25, -0.2) is 0 Å². The largest absolute Gasteiger partial charge is 0.0991 e. The molecule has 0 aliphatic carbocycles. The Morgan fingerprint density at radius 2 is 1.38 bits per heavy atom. The molecule has 0 amide bonds. The molecule has 16 heavy (non-hydrogen) atoms. The zero-order valence-corrected chi connectivity index (χ0v) is 9.14. The molecule has 0 saturated carbocycles. The van der Waals surface area contributed by atoms with Crippen molar-refractivity contribution in [1.82, 2.24) is 0 Å². The molecule has 0 bridgehead atoms. The maximum absolute atomic E-state index is 3.65. The molecule has 2 aromatic rings. The molecule has 2 rings (SSSR count). The standard InChI is InChI=1S/C16H14/c1-2-3-7-14-10-12-16(13-11-14)15-8-5-4-6-9-15/h2-13H,1H2/b7-3-. The van der Waals surface area contributed by atoms with Crippen molar-refractivity contribution < 1.29 is 0 Å². The van der Waals surface area contributed by atoms with Crippen LogP contribution < -0.4 is 0 Å². The van der Waals surface area contributed by atoms with E-state index in [1.165, 1.54) is 16.7 Å². The quantitative estimate of drug-likeness (QED) is 0.646. The number of hydrogen-bond donors (Lipinski definition) is 0. The molecule has 0 nitrogen and oxygen atoms in total. The fourth-order valence-electron chi connectivity index (χ4n) is 1.60. The molecular formula is C16H14. The lowest BCUT2D eigenvalue weighted by atomic mass is 10.0. The summed E-state index contributed by atoms with van der Waals surface area (Å²) >= 11 is 0. The fraction of sp³-hybridized carbons (Fsp3) is 0. The molecule has 0 N–H and O–H groups in total. The minimum Gasteiger partial charge on any atom is -0.0991 e. The first-order chi connectivity index (χ1) is 7.90. The monoisotopic (exact) mass is 206 g/mol. The van der Waals surface area contributed by atoms with Crippen molar-refractivity contribution >= 4 is 6.08 Å². The Labute approximate surface area is 96.6 Å². The number of hydrogen-bond acceptors (Lipinski definition) is 0. The third-order valence-corrected chi connectivity index (χ3v) is 2.44. The predicted octanol–water partition coefficient (Wildman–Crippen LogP) is 4.55. The highest BCUT2D eigenvalue weighted by Gasteiger charge is 1.94. The van der Waals surface area contributed by atoms with Crippen molar-refractivity contribution in [2.45, 2.75) is 0 Å². The second-order valence-electron chi connectivity index (χ2n) is 3.58. The molecule has 0 saturated heterocycles. The summed E-state index contributed by atoms with van der Waals surface area (Å²) in [5, 5.41) is 0. The van der Waals surface area contributed by atoms with E-state index in [9.17, 15) is 0 Å². The molecule has 0 heteroatoms. The van der Waals surface area contributed by atoms with E-state index in [-0.39, 0.29) is 0 Å². The molecule has 78 valence electrons. The summed E-state index contributed by atoms with van der Waals surface area (Å²) in [4.78, 5) is 0. The van der Waals surface area contributed by atoms with E-state index < -0.39 is 0 Å². The van der Waals surface area contributed by atoms with Gasteiger partial charge in [-0.05, 0) is 16.7 Å². The highest BCUT2D eigenvalue weighted by molar-refractivity contribution is 5.65.